The predicted molar refractivity (Wildman–Crippen MR) is 156 cm³/mol. The van der Waals surface area contributed by atoms with Crippen molar-refractivity contribution in [2.45, 2.75) is 23.5 Å². The van der Waals surface area contributed by atoms with Crippen molar-refractivity contribution in [3.8, 4) is 0 Å². The van der Waals surface area contributed by atoms with Gasteiger partial charge < -0.3 is 5.32 Å². The molecule has 208 valence electrons. The molecular weight excluding hydrogens is 628 g/mol. The topological polar surface area (TPSA) is 113 Å². The number of anilines is 2. The smallest absolute Gasteiger partial charge is 0.261 e. The second-order valence-corrected chi connectivity index (χ2v) is 14.3. The number of benzene rings is 3. The zero-order chi connectivity index (χ0) is 28.4. The van der Waals surface area contributed by atoms with E-state index in [-0.39, 0.29) is 43.9 Å². The van der Waals surface area contributed by atoms with Crippen molar-refractivity contribution in [2.75, 3.05) is 23.1 Å². The Balaban J connectivity index is 1.39. The Morgan fingerprint density at radius 2 is 1.51 bits per heavy atom. The Morgan fingerprint density at radius 3 is 2.15 bits per heavy atom. The van der Waals surface area contributed by atoms with Gasteiger partial charge in [0.25, 0.3) is 10.0 Å². The molecule has 3 aromatic carbocycles. The van der Waals surface area contributed by atoms with Crippen LogP contribution in [0.5, 0.6) is 0 Å². The van der Waals surface area contributed by atoms with Crippen LogP contribution in [0.15, 0.2) is 65.6 Å². The fraction of sp³-hybridized carbons (Fsp3) is 0.240. The lowest BCUT2D eigenvalue weighted by molar-refractivity contribution is -0.120. The lowest BCUT2D eigenvalue weighted by Crippen LogP contribution is -2.44. The summed E-state index contributed by atoms with van der Waals surface area (Å²) in [6.45, 7) is 0.326. The maximum atomic E-state index is 13.0. The molecule has 0 radical (unpaired) electrons. The van der Waals surface area contributed by atoms with Crippen LogP contribution in [0, 0.1) is 5.92 Å². The highest BCUT2D eigenvalue weighted by molar-refractivity contribution is 7.92. The van der Waals surface area contributed by atoms with Gasteiger partial charge in [0.05, 0.1) is 22.3 Å². The van der Waals surface area contributed by atoms with E-state index in [1.807, 2.05) is 0 Å². The SMILES string of the molecule is O=C(Nc1ccc(S(=O)(=O)Nc2cc(Cl)cc(Cl)c2)cc1)C1CCCN(S(=O)(=O)Cc2ccc(Cl)cc2Cl)C1. The van der Waals surface area contributed by atoms with Gasteiger partial charge in [-0.2, -0.15) is 0 Å². The molecule has 3 aromatic rings. The largest absolute Gasteiger partial charge is 0.326 e. The fourth-order valence-electron chi connectivity index (χ4n) is 4.12. The molecule has 0 spiro atoms. The molecule has 0 bridgehead atoms. The summed E-state index contributed by atoms with van der Waals surface area (Å²) in [5.41, 5.74) is 1.01. The number of nitrogens with zero attached hydrogens (tertiary/aromatic N) is 1. The van der Waals surface area contributed by atoms with E-state index in [0.29, 0.717) is 35.7 Å². The summed E-state index contributed by atoms with van der Waals surface area (Å²) in [6.07, 6.45) is 1.03. The van der Waals surface area contributed by atoms with Crippen LogP contribution in [0.25, 0.3) is 0 Å². The van der Waals surface area contributed by atoms with Gasteiger partial charge in [-0.1, -0.05) is 52.5 Å². The minimum absolute atomic E-state index is 0.0257. The molecule has 1 heterocycles. The lowest BCUT2D eigenvalue weighted by Gasteiger charge is -2.31. The van der Waals surface area contributed by atoms with E-state index in [1.54, 1.807) is 12.1 Å². The first-order valence-corrected chi connectivity index (χ1v) is 16.2. The number of rotatable bonds is 8. The normalized spacial score (nSPS) is 16.6. The van der Waals surface area contributed by atoms with Crippen molar-refractivity contribution < 1.29 is 21.6 Å². The van der Waals surface area contributed by atoms with Crippen LogP contribution in [-0.4, -0.2) is 40.1 Å². The zero-order valence-corrected chi connectivity index (χ0v) is 24.9. The predicted octanol–water partition coefficient (Wildman–Crippen LogP) is 6.28. The number of hydrogen-bond donors (Lipinski definition) is 2. The minimum Gasteiger partial charge on any atom is -0.326 e. The molecule has 1 aliphatic rings. The molecule has 0 saturated carbocycles. The van der Waals surface area contributed by atoms with E-state index < -0.39 is 26.0 Å². The molecule has 1 fully saturated rings. The van der Waals surface area contributed by atoms with Crippen LogP contribution in [-0.2, 0) is 30.6 Å². The molecule has 0 aromatic heterocycles. The van der Waals surface area contributed by atoms with Crippen molar-refractivity contribution in [1.82, 2.24) is 4.31 Å². The first kappa shape index (κ1) is 29.9. The number of halogens is 4. The summed E-state index contributed by atoms with van der Waals surface area (Å²) in [5.74, 6) is -1.24. The van der Waals surface area contributed by atoms with E-state index in [4.69, 9.17) is 46.4 Å². The standard InChI is InChI=1S/C25H23Cl4N3O5S2/c26-18-4-3-17(24(29)13-18)15-38(34,35)32-9-1-2-16(14-32)25(33)30-21-5-7-23(8-6-21)39(36,37)31-22-11-19(27)10-20(28)12-22/h3-8,10-13,16,31H,1-2,9,14-15H2,(H,30,33). The number of carbonyl (C=O) groups is 1. The summed E-state index contributed by atoms with van der Waals surface area (Å²) >= 11 is 23.9. The van der Waals surface area contributed by atoms with Gasteiger partial charge in [-0.15, -0.1) is 0 Å². The van der Waals surface area contributed by atoms with Gasteiger partial charge in [-0.05, 0) is 73.0 Å². The molecule has 1 unspecified atom stereocenters. The zero-order valence-electron chi connectivity index (χ0n) is 20.2. The summed E-state index contributed by atoms with van der Waals surface area (Å²) < 4.78 is 55.3. The lowest BCUT2D eigenvalue weighted by atomic mass is 9.99. The molecule has 4 rings (SSSR count). The highest BCUT2D eigenvalue weighted by atomic mass is 35.5. The van der Waals surface area contributed by atoms with Gasteiger partial charge in [0.1, 0.15) is 0 Å². The Morgan fingerprint density at radius 1 is 0.846 bits per heavy atom. The molecule has 1 aliphatic heterocycles. The van der Waals surface area contributed by atoms with Crippen LogP contribution in [0.3, 0.4) is 0 Å². The molecule has 0 aliphatic carbocycles. The number of nitrogens with one attached hydrogen (secondary N) is 2. The fourth-order valence-corrected chi connectivity index (χ4v) is 7.89. The highest BCUT2D eigenvalue weighted by Gasteiger charge is 2.33. The van der Waals surface area contributed by atoms with Gasteiger partial charge in [-0.3, -0.25) is 9.52 Å². The Hall–Kier alpha value is -2.05. The molecule has 39 heavy (non-hydrogen) atoms. The third-order valence-corrected chi connectivity index (χ3v) is 10.3. The third-order valence-electron chi connectivity index (χ3n) is 6.05. The van der Waals surface area contributed by atoms with Crippen LogP contribution < -0.4 is 10.0 Å². The summed E-state index contributed by atoms with van der Waals surface area (Å²) in [5, 5.41) is 3.97. The van der Waals surface area contributed by atoms with E-state index in [0.717, 1.165) is 0 Å². The van der Waals surface area contributed by atoms with E-state index >= 15 is 0 Å². The van der Waals surface area contributed by atoms with Crippen molar-refractivity contribution in [2.24, 2.45) is 5.92 Å². The first-order valence-electron chi connectivity index (χ1n) is 11.6. The van der Waals surface area contributed by atoms with Gasteiger partial charge in [-0.25, -0.2) is 21.1 Å². The van der Waals surface area contributed by atoms with Gasteiger partial charge in [0.2, 0.25) is 15.9 Å². The molecule has 14 heteroatoms. The molecule has 1 amide bonds. The maximum Gasteiger partial charge on any atom is 0.261 e. The molecule has 1 saturated heterocycles. The maximum absolute atomic E-state index is 13.0. The number of amides is 1. The van der Waals surface area contributed by atoms with Crippen LogP contribution in [0.2, 0.25) is 20.1 Å². The number of carbonyl (C=O) groups excluding carboxylic acids is 1. The van der Waals surface area contributed by atoms with Gasteiger partial charge in [0.15, 0.2) is 0 Å². The highest BCUT2D eigenvalue weighted by Crippen LogP contribution is 2.28. The minimum atomic E-state index is -3.94. The number of hydrogen-bond acceptors (Lipinski definition) is 5. The van der Waals surface area contributed by atoms with Crippen LogP contribution in [0.4, 0.5) is 11.4 Å². The second-order valence-electron chi connectivity index (χ2n) is 8.97. The Bertz CT molecular complexity index is 1580. The van der Waals surface area contributed by atoms with E-state index in [9.17, 15) is 21.6 Å². The van der Waals surface area contributed by atoms with Crippen molar-refractivity contribution in [3.63, 3.8) is 0 Å². The summed E-state index contributed by atoms with van der Waals surface area (Å²) in [4.78, 5) is 12.9. The molecule has 8 nitrogen and oxygen atoms in total. The van der Waals surface area contributed by atoms with Gasteiger partial charge >= 0.3 is 0 Å². The molecule has 1 atom stereocenters. The average Bonchev–Trinajstić information content (AvgIpc) is 2.85. The molecular formula is C25H23Cl4N3O5S2. The monoisotopic (exact) mass is 649 g/mol. The third kappa shape index (κ3) is 7.79. The van der Waals surface area contributed by atoms with Crippen LogP contribution >= 0.6 is 46.4 Å². The van der Waals surface area contributed by atoms with Gasteiger partial charge in [0, 0.05) is 38.9 Å². The second kappa shape index (κ2) is 12.2. The summed E-state index contributed by atoms with van der Waals surface area (Å²) in [6, 6.07) is 14.6. The molecule has 2 N–H and O–H groups in total. The van der Waals surface area contributed by atoms with Crippen molar-refractivity contribution in [3.05, 3.63) is 86.3 Å². The number of piperidine rings is 1. The quantitative estimate of drug-likeness (QED) is 0.298. The van der Waals surface area contributed by atoms with Crippen LogP contribution in [0.1, 0.15) is 18.4 Å². The average molecular weight is 651 g/mol. The van der Waals surface area contributed by atoms with E-state index in [2.05, 4.69) is 10.0 Å². The van der Waals surface area contributed by atoms with E-state index in [1.165, 1.54) is 52.8 Å². The Labute approximate surface area is 247 Å². The number of sulfonamides is 2. The van der Waals surface area contributed by atoms with Crippen molar-refractivity contribution in [1.29, 1.82) is 0 Å². The van der Waals surface area contributed by atoms with Crippen molar-refractivity contribution >= 4 is 83.7 Å². The first-order chi connectivity index (χ1) is 18.3. The Kier molecular flexibility index (Phi) is 9.37. The summed E-state index contributed by atoms with van der Waals surface area (Å²) in [7, 11) is -7.67.